The number of hydrogen-bond acceptors (Lipinski definition) is 7. The number of aromatic nitrogens is 2. The largest absolute Gasteiger partial charge is 0.416 e. The van der Waals surface area contributed by atoms with E-state index in [1.54, 1.807) is 31.2 Å². The number of anilines is 1. The van der Waals surface area contributed by atoms with Gasteiger partial charge < -0.3 is 15.1 Å². The van der Waals surface area contributed by atoms with Crippen molar-refractivity contribution in [2.24, 2.45) is 5.92 Å². The molecule has 0 aliphatic carbocycles. The van der Waals surface area contributed by atoms with E-state index >= 15 is 0 Å². The Balaban J connectivity index is 1.55. The Bertz CT molecular complexity index is 966. The van der Waals surface area contributed by atoms with Crippen molar-refractivity contribution in [1.29, 1.82) is 0 Å². The summed E-state index contributed by atoms with van der Waals surface area (Å²) < 4.78 is 5.56. The van der Waals surface area contributed by atoms with Gasteiger partial charge in [0.25, 0.3) is 5.22 Å². The Morgan fingerprint density at radius 3 is 2.97 bits per heavy atom. The highest BCUT2D eigenvalue weighted by atomic mass is 35.5. The molecule has 0 saturated carbocycles. The number of rotatable bonds is 8. The summed E-state index contributed by atoms with van der Waals surface area (Å²) in [4.78, 5) is 37.7. The Labute approximate surface area is 182 Å². The molecule has 158 valence electrons. The van der Waals surface area contributed by atoms with E-state index in [2.05, 4.69) is 27.4 Å². The van der Waals surface area contributed by atoms with Crippen molar-refractivity contribution >= 4 is 46.9 Å². The third-order valence-corrected chi connectivity index (χ3v) is 5.43. The van der Waals surface area contributed by atoms with Gasteiger partial charge in [-0.15, -0.1) is 16.8 Å². The van der Waals surface area contributed by atoms with Crippen LogP contribution in [-0.4, -0.2) is 51.3 Å². The standard InChI is InChI=1S/C19H20ClN5O4S/c1-3-7-25-17(27)14(11(2)21-18(25)28)9-16-23-24-19(29-16)30-10-15(26)22-13-6-4-5-12(20)8-13/h3-6,8,11,14H,1,7,9-10H2,2H3,(H,21,28)(H,22,26). The second-order valence-electron chi connectivity index (χ2n) is 6.60. The van der Waals surface area contributed by atoms with Crippen LogP contribution in [0.25, 0.3) is 0 Å². The van der Waals surface area contributed by atoms with Gasteiger partial charge in [0, 0.05) is 29.7 Å². The molecule has 30 heavy (non-hydrogen) atoms. The van der Waals surface area contributed by atoms with E-state index < -0.39 is 11.9 Å². The van der Waals surface area contributed by atoms with Crippen LogP contribution in [0.15, 0.2) is 46.6 Å². The predicted molar refractivity (Wildman–Crippen MR) is 112 cm³/mol. The average Bonchev–Trinajstić information content (AvgIpc) is 3.14. The monoisotopic (exact) mass is 449 g/mol. The van der Waals surface area contributed by atoms with E-state index in [0.29, 0.717) is 10.7 Å². The molecule has 1 aromatic carbocycles. The zero-order chi connectivity index (χ0) is 21.7. The van der Waals surface area contributed by atoms with Gasteiger partial charge >= 0.3 is 6.03 Å². The lowest BCUT2D eigenvalue weighted by Crippen LogP contribution is -2.59. The van der Waals surface area contributed by atoms with E-state index in [1.807, 2.05) is 0 Å². The van der Waals surface area contributed by atoms with Gasteiger partial charge in [0.2, 0.25) is 17.7 Å². The molecule has 11 heteroatoms. The first-order valence-corrected chi connectivity index (χ1v) is 10.5. The normalized spacial score (nSPS) is 18.8. The van der Waals surface area contributed by atoms with Crippen LogP contribution in [0.1, 0.15) is 12.8 Å². The molecule has 1 aromatic heterocycles. The number of hydrogen-bond donors (Lipinski definition) is 2. The topological polar surface area (TPSA) is 117 Å². The van der Waals surface area contributed by atoms with Crippen molar-refractivity contribution in [3.8, 4) is 0 Å². The van der Waals surface area contributed by atoms with E-state index in [1.165, 1.54) is 6.08 Å². The van der Waals surface area contributed by atoms with Crippen LogP contribution in [0.3, 0.4) is 0 Å². The quantitative estimate of drug-likeness (QED) is 0.470. The average molecular weight is 450 g/mol. The number of urea groups is 1. The smallest absolute Gasteiger partial charge is 0.324 e. The Kier molecular flexibility index (Phi) is 7.11. The van der Waals surface area contributed by atoms with Crippen molar-refractivity contribution < 1.29 is 18.8 Å². The van der Waals surface area contributed by atoms with Crippen molar-refractivity contribution in [3.63, 3.8) is 0 Å². The first-order valence-electron chi connectivity index (χ1n) is 9.10. The first-order chi connectivity index (χ1) is 14.4. The molecule has 2 unspecified atom stereocenters. The summed E-state index contributed by atoms with van der Waals surface area (Å²) in [6.45, 7) is 5.44. The third kappa shape index (κ3) is 5.39. The van der Waals surface area contributed by atoms with E-state index in [9.17, 15) is 14.4 Å². The summed E-state index contributed by atoms with van der Waals surface area (Å²) in [5, 5.41) is 14.1. The molecule has 0 radical (unpaired) electrons. The molecule has 1 saturated heterocycles. The fourth-order valence-electron chi connectivity index (χ4n) is 2.91. The molecular weight excluding hydrogens is 430 g/mol. The number of carbonyl (C=O) groups is 3. The van der Waals surface area contributed by atoms with Crippen LogP contribution < -0.4 is 10.6 Å². The lowest BCUT2D eigenvalue weighted by molar-refractivity contribution is -0.134. The predicted octanol–water partition coefficient (Wildman–Crippen LogP) is 2.74. The summed E-state index contributed by atoms with van der Waals surface area (Å²) in [7, 11) is 0. The second kappa shape index (κ2) is 9.77. The molecule has 3 rings (SSSR count). The number of benzene rings is 1. The first kappa shape index (κ1) is 21.8. The van der Waals surface area contributed by atoms with Crippen LogP contribution in [0.5, 0.6) is 0 Å². The van der Waals surface area contributed by atoms with Gasteiger partial charge in [-0.2, -0.15) is 0 Å². The Morgan fingerprint density at radius 2 is 2.23 bits per heavy atom. The maximum Gasteiger partial charge on any atom is 0.324 e. The fraction of sp³-hybridized carbons (Fsp3) is 0.316. The number of carbonyl (C=O) groups excluding carboxylic acids is 3. The molecule has 0 bridgehead atoms. The lowest BCUT2D eigenvalue weighted by Gasteiger charge is -2.34. The van der Waals surface area contributed by atoms with Gasteiger partial charge in [-0.25, -0.2) is 4.79 Å². The molecule has 2 heterocycles. The van der Waals surface area contributed by atoms with Crippen molar-refractivity contribution in [1.82, 2.24) is 20.4 Å². The van der Waals surface area contributed by atoms with Crippen molar-refractivity contribution in [2.75, 3.05) is 17.6 Å². The number of halogens is 1. The van der Waals surface area contributed by atoms with Crippen LogP contribution in [-0.2, 0) is 16.0 Å². The molecule has 1 aliphatic rings. The zero-order valence-corrected chi connectivity index (χ0v) is 17.7. The fourth-order valence-corrected chi connectivity index (χ4v) is 3.68. The molecule has 0 spiro atoms. The summed E-state index contributed by atoms with van der Waals surface area (Å²) in [6.07, 6.45) is 1.66. The SMILES string of the molecule is C=CCN1C(=O)NC(C)C(Cc2nnc(SCC(=O)Nc3cccc(Cl)c3)o2)C1=O. The highest BCUT2D eigenvalue weighted by Crippen LogP contribution is 2.23. The minimum Gasteiger partial charge on any atom is -0.416 e. The van der Waals surface area contributed by atoms with E-state index in [-0.39, 0.29) is 47.7 Å². The van der Waals surface area contributed by atoms with Gasteiger partial charge in [-0.3, -0.25) is 14.5 Å². The number of thioether (sulfide) groups is 1. The van der Waals surface area contributed by atoms with Crippen LogP contribution in [0, 0.1) is 5.92 Å². The van der Waals surface area contributed by atoms with E-state index in [0.717, 1.165) is 16.7 Å². The molecule has 2 N–H and O–H groups in total. The maximum absolute atomic E-state index is 12.6. The van der Waals surface area contributed by atoms with Gasteiger partial charge in [-0.1, -0.05) is 35.5 Å². The highest BCUT2D eigenvalue weighted by molar-refractivity contribution is 7.99. The van der Waals surface area contributed by atoms with Gasteiger partial charge in [0.1, 0.15) is 0 Å². The van der Waals surface area contributed by atoms with Crippen LogP contribution in [0.2, 0.25) is 5.02 Å². The number of nitrogens with one attached hydrogen (secondary N) is 2. The van der Waals surface area contributed by atoms with Crippen molar-refractivity contribution in [3.05, 3.63) is 47.8 Å². The number of amides is 4. The molecular formula is C19H20ClN5O4S. The second-order valence-corrected chi connectivity index (χ2v) is 7.96. The van der Waals surface area contributed by atoms with Gasteiger partial charge in [0.05, 0.1) is 11.7 Å². The third-order valence-electron chi connectivity index (χ3n) is 4.37. The van der Waals surface area contributed by atoms with Gasteiger partial charge in [-0.05, 0) is 25.1 Å². The summed E-state index contributed by atoms with van der Waals surface area (Å²) in [5.74, 6) is -0.782. The summed E-state index contributed by atoms with van der Waals surface area (Å²) in [6, 6.07) is 6.00. The molecule has 9 nitrogen and oxygen atoms in total. The lowest BCUT2D eigenvalue weighted by atomic mass is 9.93. The summed E-state index contributed by atoms with van der Waals surface area (Å²) in [5.41, 5.74) is 0.593. The highest BCUT2D eigenvalue weighted by Gasteiger charge is 2.39. The molecule has 2 atom stereocenters. The van der Waals surface area contributed by atoms with Crippen LogP contribution in [0.4, 0.5) is 10.5 Å². The van der Waals surface area contributed by atoms with E-state index in [4.69, 9.17) is 16.0 Å². The minimum atomic E-state index is -0.535. The zero-order valence-electron chi connectivity index (χ0n) is 16.1. The minimum absolute atomic E-state index is 0.0656. The molecule has 4 amide bonds. The molecule has 2 aromatic rings. The van der Waals surface area contributed by atoms with Gasteiger partial charge in [0.15, 0.2) is 0 Å². The van der Waals surface area contributed by atoms with Crippen molar-refractivity contribution in [2.45, 2.75) is 24.6 Å². The Morgan fingerprint density at radius 1 is 1.43 bits per heavy atom. The number of nitrogens with zero attached hydrogens (tertiary/aromatic N) is 3. The summed E-state index contributed by atoms with van der Waals surface area (Å²) >= 11 is 6.98. The molecule has 1 fully saturated rings. The maximum atomic E-state index is 12.6. The molecule has 1 aliphatic heterocycles. The Hall–Kier alpha value is -2.85. The van der Waals surface area contributed by atoms with Crippen LogP contribution >= 0.6 is 23.4 Å². The number of imide groups is 1.